The van der Waals surface area contributed by atoms with Crippen LogP contribution in [0, 0.1) is 5.92 Å². The van der Waals surface area contributed by atoms with Gasteiger partial charge in [0.1, 0.15) is 0 Å². The molecule has 0 aliphatic heterocycles. The monoisotopic (exact) mass is 292 g/mol. The molecule has 0 aromatic rings. The number of hydrogen-bond donors (Lipinski definition) is 0. The van der Waals surface area contributed by atoms with Crippen LogP contribution in [0.3, 0.4) is 0 Å². The van der Waals surface area contributed by atoms with E-state index in [-0.39, 0.29) is 11.9 Å². The second-order valence-electron chi connectivity index (χ2n) is 4.28. The Kier molecular flexibility index (Phi) is 11.4. The van der Waals surface area contributed by atoms with E-state index in [2.05, 4.69) is 22.9 Å². The first kappa shape index (κ1) is 16.0. The summed E-state index contributed by atoms with van der Waals surface area (Å²) in [5.41, 5.74) is 0. The van der Waals surface area contributed by atoms with Gasteiger partial charge < -0.3 is 4.74 Å². The van der Waals surface area contributed by atoms with Crippen molar-refractivity contribution in [2.24, 2.45) is 5.92 Å². The van der Waals surface area contributed by atoms with Gasteiger partial charge in [-0.2, -0.15) is 0 Å². The van der Waals surface area contributed by atoms with Gasteiger partial charge in [-0.1, -0.05) is 67.8 Å². The zero-order chi connectivity index (χ0) is 12.2. The van der Waals surface area contributed by atoms with Gasteiger partial charge in [0, 0.05) is 5.33 Å². The van der Waals surface area contributed by atoms with Crippen LogP contribution < -0.4 is 0 Å². The summed E-state index contributed by atoms with van der Waals surface area (Å²) in [6.45, 7) is 2.23. The summed E-state index contributed by atoms with van der Waals surface area (Å²) in [5.74, 6) is -0.0384. The van der Waals surface area contributed by atoms with E-state index in [4.69, 9.17) is 4.74 Å². The van der Waals surface area contributed by atoms with Crippen LogP contribution in [0.15, 0.2) is 0 Å². The number of methoxy groups -OCH3 is 1. The Balaban J connectivity index is 3.38. The van der Waals surface area contributed by atoms with E-state index in [0.29, 0.717) is 0 Å². The quantitative estimate of drug-likeness (QED) is 0.341. The number of rotatable bonds is 10. The topological polar surface area (TPSA) is 26.3 Å². The minimum atomic E-state index is -0.0807. The molecular formula is C13H25BrO2. The van der Waals surface area contributed by atoms with Crippen molar-refractivity contribution >= 4 is 21.9 Å². The molecule has 0 fully saturated rings. The first-order valence-corrected chi connectivity index (χ1v) is 7.52. The smallest absolute Gasteiger partial charge is 0.309 e. The Bertz CT molecular complexity index is 171. The van der Waals surface area contributed by atoms with Crippen LogP contribution in [-0.4, -0.2) is 18.4 Å². The molecule has 1 unspecified atom stereocenters. The van der Waals surface area contributed by atoms with E-state index >= 15 is 0 Å². The van der Waals surface area contributed by atoms with Crippen molar-refractivity contribution in [1.29, 1.82) is 0 Å². The molecule has 0 bridgehead atoms. The third-order valence-corrected chi connectivity index (χ3v) is 3.66. The van der Waals surface area contributed by atoms with Crippen LogP contribution in [0.1, 0.15) is 58.3 Å². The molecule has 0 rings (SSSR count). The van der Waals surface area contributed by atoms with Crippen molar-refractivity contribution in [3.63, 3.8) is 0 Å². The zero-order valence-corrected chi connectivity index (χ0v) is 12.2. The van der Waals surface area contributed by atoms with Gasteiger partial charge in [0.15, 0.2) is 0 Å². The Morgan fingerprint density at radius 3 is 2.19 bits per heavy atom. The maximum atomic E-state index is 11.3. The summed E-state index contributed by atoms with van der Waals surface area (Å²) < 4.78 is 4.74. The number of unbranched alkanes of at least 4 members (excludes halogenated alkanes) is 6. The maximum absolute atomic E-state index is 11.3. The second-order valence-corrected chi connectivity index (χ2v) is 4.93. The third kappa shape index (κ3) is 8.14. The molecule has 0 aliphatic rings. The molecule has 0 aliphatic carbocycles. The van der Waals surface area contributed by atoms with Gasteiger partial charge >= 0.3 is 5.97 Å². The van der Waals surface area contributed by atoms with Crippen LogP contribution >= 0.6 is 15.9 Å². The number of alkyl halides is 1. The molecule has 0 amide bonds. The highest BCUT2D eigenvalue weighted by Crippen LogP contribution is 2.15. The van der Waals surface area contributed by atoms with Crippen molar-refractivity contribution in [2.75, 3.05) is 12.4 Å². The summed E-state index contributed by atoms with van der Waals surface area (Å²) in [5, 5.41) is 0.718. The number of ether oxygens (including phenoxy) is 1. The van der Waals surface area contributed by atoms with Crippen molar-refractivity contribution in [3.8, 4) is 0 Å². The SMILES string of the molecule is CCCCCCCCCC(CBr)C(=O)OC. The fourth-order valence-corrected chi connectivity index (χ4v) is 2.36. The summed E-state index contributed by atoms with van der Waals surface area (Å²) in [6.07, 6.45) is 9.98. The third-order valence-electron chi connectivity index (χ3n) is 2.88. The molecule has 3 heteroatoms. The predicted molar refractivity (Wildman–Crippen MR) is 71.9 cm³/mol. The Morgan fingerprint density at radius 2 is 1.69 bits per heavy atom. The van der Waals surface area contributed by atoms with Crippen molar-refractivity contribution in [2.45, 2.75) is 58.3 Å². The first-order valence-electron chi connectivity index (χ1n) is 6.40. The van der Waals surface area contributed by atoms with Crippen LogP contribution in [0.25, 0.3) is 0 Å². The lowest BCUT2D eigenvalue weighted by molar-refractivity contribution is -0.144. The van der Waals surface area contributed by atoms with Gasteiger partial charge in [0.2, 0.25) is 0 Å². The molecule has 0 N–H and O–H groups in total. The zero-order valence-electron chi connectivity index (χ0n) is 10.6. The lowest BCUT2D eigenvalue weighted by Crippen LogP contribution is -2.17. The molecule has 16 heavy (non-hydrogen) atoms. The Labute approximate surface area is 108 Å². The lowest BCUT2D eigenvalue weighted by atomic mass is 10.0. The predicted octanol–water partition coefficient (Wildman–Crippen LogP) is 4.31. The molecule has 0 aromatic heterocycles. The van der Waals surface area contributed by atoms with Crippen molar-refractivity contribution in [3.05, 3.63) is 0 Å². The summed E-state index contributed by atoms with van der Waals surface area (Å²) in [4.78, 5) is 11.3. The molecule has 0 heterocycles. The van der Waals surface area contributed by atoms with Gasteiger partial charge in [-0.3, -0.25) is 4.79 Å². The normalized spacial score (nSPS) is 12.4. The lowest BCUT2D eigenvalue weighted by Gasteiger charge is -2.10. The highest BCUT2D eigenvalue weighted by Gasteiger charge is 2.16. The summed E-state index contributed by atoms with van der Waals surface area (Å²) in [7, 11) is 1.46. The van der Waals surface area contributed by atoms with Gasteiger partial charge in [-0.15, -0.1) is 0 Å². The molecule has 0 radical (unpaired) electrons. The summed E-state index contributed by atoms with van der Waals surface area (Å²) >= 11 is 3.36. The minimum absolute atomic E-state index is 0.0423. The van der Waals surface area contributed by atoms with Gasteiger partial charge in [0.25, 0.3) is 0 Å². The average molecular weight is 293 g/mol. The van der Waals surface area contributed by atoms with E-state index in [1.165, 1.54) is 45.6 Å². The second kappa shape index (κ2) is 11.4. The number of carbonyl (C=O) groups is 1. The fraction of sp³-hybridized carbons (Fsp3) is 0.923. The molecule has 2 nitrogen and oxygen atoms in total. The first-order chi connectivity index (χ1) is 7.76. The number of esters is 1. The number of halogens is 1. The minimum Gasteiger partial charge on any atom is -0.469 e. The van der Waals surface area contributed by atoms with Crippen LogP contribution in [-0.2, 0) is 9.53 Å². The molecule has 1 atom stereocenters. The molecule has 96 valence electrons. The molecule has 0 saturated carbocycles. The molecule has 0 saturated heterocycles. The molecule has 0 spiro atoms. The van der Waals surface area contributed by atoms with E-state index in [1.807, 2.05) is 0 Å². The van der Waals surface area contributed by atoms with Crippen molar-refractivity contribution in [1.82, 2.24) is 0 Å². The van der Waals surface area contributed by atoms with Gasteiger partial charge in [-0.25, -0.2) is 0 Å². The largest absolute Gasteiger partial charge is 0.469 e. The Hall–Kier alpha value is -0.0500. The highest BCUT2D eigenvalue weighted by molar-refractivity contribution is 9.09. The molecular weight excluding hydrogens is 268 g/mol. The van der Waals surface area contributed by atoms with Crippen LogP contribution in [0.4, 0.5) is 0 Å². The van der Waals surface area contributed by atoms with Crippen LogP contribution in [0.2, 0.25) is 0 Å². The number of carbonyl (C=O) groups excluding carboxylic acids is 1. The van der Waals surface area contributed by atoms with E-state index in [9.17, 15) is 4.79 Å². The summed E-state index contributed by atoms with van der Waals surface area (Å²) in [6, 6.07) is 0. The van der Waals surface area contributed by atoms with Gasteiger partial charge in [0.05, 0.1) is 13.0 Å². The maximum Gasteiger partial charge on any atom is 0.309 e. The standard InChI is InChI=1S/C13H25BrO2/c1-3-4-5-6-7-8-9-10-12(11-14)13(15)16-2/h12H,3-11H2,1-2H3. The molecule has 0 aromatic carbocycles. The van der Waals surface area contributed by atoms with E-state index < -0.39 is 0 Å². The van der Waals surface area contributed by atoms with E-state index in [0.717, 1.165) is 18.2 Å². The highest BCUT2D eigenvalue weighted by atomic mass is 79.9. The van der Waals surface area contributed by atoms with Crippen molar-refractivity contribution < 1.29 is 9.53 Å². The van der Waals surface area contributed by atoms with Crippen LogP contribution in [0.5, 0.6) is 0 Å². The van der Waals surface area contributed by atoms with Gasteiger partial charge in [-0.05, 0) is 6.42 Å². The number of hydrogen-bond acceptors (Lipinski definition) is 2. The fourth-order valence-electron chi connectivity index (χ4n) is 1.77. The Morgan fingerprint density at radius 1 is 1.12 bits per heavy atom. The van der Waals surface area contributed by atoms with E-state index in [1.54, 1.807) is 0 Å². The average Bonchev–Trinajstić information content (AvgIpc) is 2.32.